The summed E-state index contributed by atoms with van der Waals surface area (Å²) in [6, 6.07) is 21.8. The molecule has 0 aliphatic rings. The van der Waals surface area contributed by atoms with Crippen LogP contribution >= 0.6 is 0 Å². The van der Waals surface area contributed by atoms with E-state index in [2.05, 4.69) is 9.97 Å². The molecule has 122 valence electrons. The lowest BCUT2D eigenvalue weighted by molar-refractivity contribution is 0.282. The number of hydrogen-bond acceptors (Lipinski definition) is 3. The van der Waals surface area contributed by atoms with Crippen molar-refractivity contribution in [2.45, 2.75) is 6.61 Å². The molecule has 0 amide bonds. The van der Waals surface area contributed by atoms with E-state index < -0.39 is 0 Å². The number of pyridine rings is 1. The Morgan fingerprint density at radius 2 is 1.48 bits per heavy atom. The van der Waals surface area contributed by atoms with Crippen LogP contribution in [0.3, 0.4) is 0 Å². The molecule has 2 heterocycles. The second kappa shape index (κ2) is 6.71. The Labute approximate surface area is 145 Å². The van der Waals surface area contributed by atoms with Crippen LogP contribution in [0, 0.1) is 0 Å². The van der Waals surface area contributed by atoms with Crippen molar-refractivity contribution in [3.05, 3.63) is 84.7 Å². The number of hydrogen-bond donors (Lipinski definition) is 2. The van der Waals surface area contributed by atoms with Gasteiger partial charge in [-0.05, 0) is 17.7 Å². The highest BCUT2D eigenvalue weighted by atomic mass is 16.3. The van der Waals surface area contributed by atoms with Gasteiger partial charge in [0, 0.05) is 29.1 Å². The van der Waals surface area contributed by atoms with E-state index in [-0.39, 0.29) is 6.61 Å². The zero-order valence-electron chi connectivity index (χ0n) is 13.6. The van der Waals surface area contributed by atoms with E-state index in [1.54, 1.807) is 12.4 Å². The van der Waals surface area contributed by atoms with E-state index in [0.29, 0.717) is 0 Å². The lowest BCUT2D eigenvalue weighted by Crippen LogP contribution is -1.86. The minimum absolute atomic E-state index is 0.0350. The third-order valence-corrected chi connectivity index (χ3v) is 4.13. The molecule has 4 heteroatoms. The Morgan fingerprint density at radius 1 is 0.760 bits per heavy atom. The van der Waals surface area contributed by atoms with Crippen molar-refractivity contribution in [1.29, 1.82) is 0 Å². The van der Waals surface area contributed by atoms with E-state index >= 15 is 0 Å². The Bertz CT molecular complexity index is 961. The molecule has 2 aromatic heterocycles. The van der Waals surface area contributed by atoms with Crippen molar-refractivity contribution in [1.82, 2.24) is 15.0 Å². The van der Waals surface area contributed by atoms with Crippen molar-refractivity contribution in [3.8, 4) is 33.9 Å². The van der Waals surface area contributed by atoms with Gasteiger partial charge in [0.05, 0.1) is 18.0 Å². The molecule has 0 fully saturated rings. The lowest BCUT2D eigenvalue weighted by Gasteiger charge is -2.04. The maximum absolute atomic E-state index is 9.26. The van der Waals surface area contributed by atoms with Crippen LogP contribution in [0.15, 0.2) is 79.1 Å². The third-order valence-electron chi connectivity index (χ3n) is 4.13. The van der Waals surface area contributed by atoms with Gasteiger partial charge >= 0.3 is 0 Å². The first-order valence-electron chi connectivity index (χ1n) is 8.11. The molecule has 4 aromatic rings. The first kappa shape index (κ1) is 15.3. The largest absolute Gasteiger partial charge is 0.392 e. The third kappa shape index (κ3) is 3.07. The fourth-order valence-electron chi connectivity index (χ4n) is 2.81. The fraction of sp³-hybridized carbons (Fsp3) is 0.0476. The zero-order chi connectivity index (χ0) is 17.1. The molecule has 2 N–H and O–H groups in total. The molecule has 4 nitrogen and oxygen atoms in total. The SMILES string of the molecule is OCc1ccc(-c2nc(-c3ccccc3)[nH]c2-c2ccncc2)cc1. The molecule has 0 saturated heterocycles. The van der Waals surface area contributed by atoms with Crippen molar-refractivity contribution in [2.75, 3.05) is 0 Å². The van der Waals surface area contributed by atoms with Crippen LogP contribution in [0.25, 0.3) is 33.9 Å². The number of aliphatic hydroxyl groups is 1. The number of nitrogens with one attached hydrogen (secondary N) is 1. The lowest BCUT2D eigenvalue weighted by atomic mass is 10.0. The summed E-state index contributed by atoms with van der Waals surface area (Å²) in [7, 11) is 0. The maximum Gasteiger partial charge on any atom is 0.138 e. The molecule has 0 spiro atoms. The molecule has 0 saturated carbocycles. The first-order valence-corrected chi connectivity index (χ1v) is 8.11. The summed E-state index contributed by atoms with van der Waals surface area (Å²) >= 11 is 0. The van der Waals surface area contributed by atoms with Gasteiger partial charge in [-0.25, -0.2) is 4.98 Å². The summed E-state index contributed by atoms with van der Waals surface area (Å²) in [5.41, 5.74) is 5.80. The van der Waals surface area contributed by atoms with Crippen molar-refractivity contribution < 1.29 is 5.11 Å². The molecule has 0 aliphatic heterocycles. The molecule has 2 aromatic carbocycles. The number of benzene rings is 2. The van der Waals surface area contributed by atoms with Gasteiger partial charge in [-0.1, -0.05) is 54.6 Å². The molecule has 0 unspecified atom stereocenters. The molecule has 0 radical (unpaired) electrons. The van der Waals surface area contributed by atoms with Crippen LogP contribution in [0.1, 0.15) is 5.56 Å². The van der Waals surface area contributed by atoms with E-state index in [9.17, 15) is 5.11 Å². The summed E-state index contributed by atoms with van der Waals surface area (Å²) in [6.07, 6.45) is 3.55. The standard InChI is InChI=1S/C21H17N3O/c25-14-15-6-8-16(9-7-15)19-20(17-10-12-22-13-11-17)24-21(23-19)18-4-2-1-3-5-18/h1-13,25H,14H2,(H,23,24). The minimum atomic E-state index is 0.0350. The van der Waals surface area contributed by atoms with Gasteiger partial charge in [0.25, 0.3) is 0 Å². The Kier molecular flexibility index (Phi) is 4.11. The second-order valence-corrected chi connectivity index (χ2v) is 5.77. The number of aromatic nitrogens is 3. The highest BCUT2D eigenvalue weighted by Crippen LogP contribution is 2.32. The minimum Gasteiger partial charge on any atom is -0.392 e. The quantitative estimate of drug-likeness (QED) is 0.587. The summed E-state index contributed by atoms with van der Waals surface area (Å²) in [6.45, 7) is 0.0350. The maximum atomic E-state index is 9.26. The summed E-state index contributed by atoms with van der Waals surface area (Å²) in [5, 5.41) is 9.26. The number of aromatic amines is 1. The van der Waals surface area contributed by atoms with Crippen LogP contribution in [0.2, 0.25) is 0 Å². The van der Waals surface area contributed by atoms with Gasteiger partial charge in [-0.15, -0.1) is 0 Å². The molecule has 0 atom stereocenters. The number of aliphatic hydroxyl groups excluding tert-OH is 1. The number of imidazole rings is 1. The van der Waals surface area contributed by atoms with E-state index in [1.165, 1.54) is 0 Å². The number of H-pyrrole nitrogens is 1. The average molecular weight is 327 g/mol. The van der Waals surface area contributed by atoms with Gasteiger partial charge in [0.2, 0.25) is 0 Å². The van der Waals surface area contributed by atoms with Gasteiger partial charge in [-0.2, -0.15) is 0 Å². The monoisotopic (exact) mass is 327 g/mol. The molecule has 0 bridgehead atoms. The van der Waals surface area contributed by atoms with Crippen LogP contribution in [0.5, 0.6) is 0 Å². The highest BCUT2D eigenvalue weighted by Gasteiger charge is 2.15. The summed E-state index contributed by atoms with van der Waals surface area (Å²) in [5.74, 6) is 0.827. The number of rotatable bonds is 4. The predicted octanol–water partition coefficient (Wildman–Crippen LogP) is 4.30. The topological polar surface area (TPSA) is 61.8 Å². The first-order chi connectivity index (χ1) is 12.3. The van der Waals surface area contributed by atoms with Gasteiger partial charge < -0.3 is 10.1 Å². The molecule has 4 rings (SSSR count). The Morgan fingerprint density at radius 3 is 2.16 bits per heavy atom. The average Bonchev–Trinajstić information content (AvgIpc) is 3.15. The van der Waals surface area contributed by atoms with Crippen LogP contribution in [-0.2, 0) is 6.61 Å². The van der Waals surface area contributed by atoms with Crippen molar-refractivity contribution in [2.24, 2.45) is 0 Å². The van der Waals surface area contributed by atoms with Gasteiger partial charge in [0.15, 0.2) is 0 Å². The van der Waals surface area contributed by atoms with Crippen LogP contribution in [0.4, 0.5) is 0 Å². The Balaban J connectivity index is 1.87. The van der Waals surface area contributed by atoms with E-state index in [0.717, 1.165) is 39.5 Å². The molecular weight excluding hydrogens is 310 g/mol. The van der Waals surface area contributed by atoms with Crippen molar-refractivity contribution in [3.63, 3.8) is 0 Å². The highest BCUT2D eigenvalue weighted by molar-refractivity contribution is 5.81. The molecule has 0 aliphatic carbocycles. The van der Waals surface area contributed by atoms with E-state index in [1.807, 2.05) is 66.7 Å². The van der Waals surface area contributed by atoms with E-state index in [4.69, 9.17) is 4.98 Å². The smallest absolute Gasteiger partial charge is 0.138 e. The normalized spacial score (nSPS) is 10.8. The fourth-order valence-corrected chi connectivity index (χ4v) is 2.81. The predicted molar refractivity (Wildman–Crippen MR) is 98.6 cm³/mol. The Hall–Kier alpha value is -3.24. The molecule has 25 heavy (non-hydrogen) atoms. The van der Waals surface area contributed by atoms with Crippen LogP contribution in [-0.4, -0.2) is 20.1 Å². The molecular formula is C21H17N3O. The number of nitrogens with zero attached hydrogens (tertiary/aromatic N) is 2. The van der Waals surface area contributed by atoms with Crippen molar-refractivity contribution >= 4 is 0 Å². The van der Waals surface area contributed by atoms with Gasteiger partial charge in [0.1, 0.15) is 5.82 Å². The van der Waals surface area contributed by atoms with Gasteiger partial charge in [-0.3, -0.25) is 4.98 Å². The summed E-state index contributed by atoms with van der Waals surface area (Å²) < 4.78 is 0. The second-order valence-electron chi connectivity index (χ2n) is 5.77. The van der Waals surface area contributed by atoms with Crippen LogP contribution < -0.4 is 0 Å². The summed E-state index contributed by atoms with van der Waals surface area (Å²) in [4.78, 5) is 12.4. The zero-order valence-corrected chi connectivity index (χ0v) is 13.6.